The minimum atomic E-state index is 0.700. The van der Waals surface area contributed by atoms with Gasteiger partial charge in [-0.05, 0) is 41.8 Å². The average molecular weight is 268 g/mol. The Hall–Kier alpha value is -2.40. The van der Waals surface area contributed by atoms with Crippen molar-refractivity contribution in [3.8, 4) is 10.6 Å². The Kier molecular flexibility index (Phi) is 3.12. The van der Waals surface area contributed by atoms with E-state index in [0.717, 1.165) is 16.3 Å². The number of nitrogens with two attached hydrogens (primary N) is 1. The Morgan fingerprint density at radius 1 is 1.00 bits per heavy atom. The van der Waals surface area contributed by atoms with Crippen molar-refractivity contribution in [2.24, 2.45) is 0 Å². The number of nitrogen functional groups attached to an aromatic ring is 1. The van der Waals surface area contributed by atoms with E-state index in [1.165, 1.54) is 0 Å². The van der Waals surface area contributed by atoms with Crippen LogP contribution in [0.1, 0.15) is 0 Å². The van der Waals surface area contributed by atoms with E-state index >= 15 is 0 Å². The molecule has 2 heterocycles. The summed E-state index contributed by atoms with van der Waals surface area (Å²) < 4.78 is 0. The van der Waals surface area contributed by atoms with Gasteiger partial charge in [0.05, 0.1) is 4.88 Å². The molecule has 0 aliphatic carbocycles. The van der Waals surface area contributed by atoms with E-state index in [1.807, 2.05) is 53.9 Å². The summed E-state index contributed by atoms with van der Waals surface area (Å²) in [5.41, 5.74) is 8.23. The molecule has 0 fully saturated rings. The third-order valence-electron chi connectivity index (χ3n) is 2.60. The molecule has 0 aliphatic heterocycles. The standard InChI is InChI=1S/C14H12N4S/c15-10-3-1-4-11(9-10)16-14-7-6-12(17-18-14)13-5-2-8-19-13/h1-9H,15H2,(H,16,18). The molecule has 2 aromatic heterocycles. The summed E-state index contributed by atoms with van der Waals surface area (Å²) in [5, 5.41) is 13.6. The highest BCUT2D eigenvalue weighted by Crippen LogP contribution is 2.23. The second kappa shape index (κ2) is 5.07. The fraction of sp³-hybridized carbons (Fsp3) is 0. The molecule has 94 valence electrons. The number of rotatable bonds is 3. The van der Waals surface area contributed by atoms with Crippen molar-refractivity contribution in [1.29, 1.82) is 0 Å². The number of hydrogen-bond donors (Lipinski definition) is 2. The zero-order chi connectivity index (χ0) is 13.1. The van der Waals surface area contributed by atoms with Crippen LogP contribution in [-0.2, 0) is 0 Å². The quantitative estimate of drug-likeness (QED) is 0.713. The summed E-state index contributed by atoms with van der Waals surface area (Å²) in [6.45, 7) is 0. The predicted molar refractivity (Wildman–Crippen MR) is 79.5 cm³/mol. The smallest absolute Gasteiger partial charge is 0.153 e. The van der Waals surface area contributed by atoms with Gasteiger partial charge in [0.1, 0.15) is 5.69 Å². The minimum Gasteiger partial charge on any atom is -0.399 e. The lowest BCUT2D eigenvalue weighted by Gasteiger charge is -2.05. The third-order valence-corrected chi connectivity index (χ3v) is 3.49. The molecule has 0 saturated carbocycles. The molecule has 3 aromatic rings. The molecule has 1 aromatic carbocycles. The first-order chi connectivity index (χ1) is 9.31. The fourth-order valence-electron chi connectivity index (χ4n) is 1.72. The third kappa shape index (κ3) is 2.71. The van der Waals surface area contributed by atoms with Crippen molar-refractivity contribution >= 4 is 28.5 Å². The summed E-state index contributed by atoms with van der Waals surface area (Å²) in [6.07, 6.45) is 0. The van der Waals surface area contributed by atoms with Crippen molar-refractivity contribution in [3.63, 3.8) is 0 Å². The van der Waals surface area contributed by atoms with Crippen LogP contribution < -0.4 is 11.1 Å². The Bertz CT molecular complexity index is 662. The van der Waals surface area contributed by atoms with Crippen LogP contribution in [0.5, 0.6) is 0 Å². The number of thiophene rings is 1. The van der Waals surface area contributed by atoms with Crippen LogP contribution in [0, 0.1) is 0 Å². The molecule has 0 unspecified atom stereocenters. The van der Waals surface area contributed by atoms with Crippen LogP contribution in [0.25, 0.3) is 10.6 Å². The Morgan fingerprint density at radius 2 is 1.95 bits per heavy atom. The normalized spacial score (nSPS) is 10.3. The lowest BCUT2D eigenvalue weighted by Crippen LogP contribution is -1.96. The predicted octanol–water partition coefficient (Wildman–Crippen LogP) is 3.53. The van der Waals surface area contributed by atoms with Gasteiger partial charge < -0.3 is 11.1 Å². The van der Waals surface area contributed by atoms with Crippen molar-refractivity contribution < 1.29 is 0 Å². The summed E-state index contributed by atoms with van der Waals surface area (Å²) in [7, 11) is 0. The molecule has 0 radical (unpaired) electrons. The molecule has 0 atom stereocenters. The number of hydrogen-bond acceptors (Lipinski definition) is 5. The summed E-state index contributed by atoms with van der Waals surface area (Å²) >= 11 is 1.65. The van der Waals surface area contributed by atoms with E-state index in [2.05, 4.69) is 15.5 Å². The van der Waals surface area contributed by atoms with Crippen LogP contribution in [-0.4, -0.2) is 10.2 Å². The number of anilines is 3. The SMILES string of the molecule is Nc1cccc(Nc2ccc(-c3cccs3)nn2)c1. The van der Waals surface area contributed by atoms with Crippen molar-refractivity contribution in [2.75, 3.05) is 11.1 Å². The van der Waals surface area contributed by atoms with E-state index in [9.17, 15) is 0 Å². The Labute approximate surface area is 114 Å². The van der Waals surface area contributed by atoms with E-state index in [-0.39, 0.29) is 0 Å². The number of benzene rings is 1. The number of aromatic nitrogens is 2. The summed E-state index contributed by atoms with van der Waals surface area (Å²) in [5.74, 6) is 0.700. The van der Waals surface area contributed by atoms with Crippen LogP contribution in [0.3, 0.4) is 0 Å². The molecule has 0 aliphatic rings. The van der Waals surface area contributed by atoms with Gasteiger partial charge in [-0.2, -0.15) is 0 Å². The molecule has 19 heavy (non-hydrogen) atoms. The van der Waals surface area contributed by atoms with Crippen LogP contribution in [0.2, 0.25) is 0 Å². The summed E-state index contributed by atoms with van der Waals surface area (Å²) in [6, 6.07) is 15.4. The molecular formula is C14H12N4S. The van der Waals surface area contributed by atoms with Crippen molar-refractivity contribution in [3.05, 3.63) is 53.9 Å². The van der Waals surface area contributed by atoms with Crippen molar-refractivity contribution in [2.45, 2.75) is 0 Å². The van der Waals surface area contributed by atoms with Crippen LogP contribution in [0.4, 0.5) is 17.2 Å². The highest BCUT2D eigenvalue weighted by molar-refractivity contribution is 7.13. The second-order valence-corrected chi connectivity index (χ2v) is 4.98. The first kappa shape index (κ1) is 11.7. The first-order valence-corrected chi connectivity index (χ1v) is 6.69. The molecule has 0 saturated heterocycles. The molecule has 3 N–H and O–H groups in total. The number of nitrogens with zero attached hydrogens (tertiary/aromatic N) is 2. The van der Waals surface area contributed by atoms with Gasteiger partial charge in [0.2, 0.25) is 0 Å². The molecule has 0 spiro atoms. The molecule has 3 rings (SSSR count). The lowest BCUT2D eigenvalue weighted by molar-refractivity contribution is 1.05. The van der Waals surface area contributed by atoms with E-state index in [1.54, 1.807) is 11.3 Å². The largest absolute Gasteiger partial charge is 0.399 e. The lowest BCUT2D eigenvalue weighted by atomic mass is 10.3. The van der Waals surface area contributed by atoms with Gasteiger partial charge in [0, 0.05) is 11.4 Å². The fourth-order valence-corrected chi connectivity index (χ4v) is 2.41. The molecule has 0 amide bonds. The van der Waals surface area contributed by atoms with E-state index in [4.69, 9.17) is 5.73 Å². The first-order valence-electron chi connectivity index (χ1n) is 5.81. The second-order valence-electron chi connectivity index (χ2n) is 4.03. The molecule has 0 bridgehead atoms. The van der Waals surface area contributed by atoms with E-state index < -0.39 is 0 Å². The van der Waals surface area contributed by atoms with Gasteiger partial charge in [-0.15, -0.1) is 21.5 Å². The minimum absolute atomic E-state index is 0.700. The zero-order valence-electron chi connectivity index (χ0n) is 10.1. The van der Waals surface area contributed by atoms with Gasteiger partial charge in [-0.25, -0.2) is 0 Å². The van der Waals surface area contributed by atoms with Gasteiger partial charge in [-0.3, -0.25) is 0 Å². The Morgan fingerprint density at radius 3 is 2.63 bits per heavy atom. The topological polar surface area (TPSA) is 63.8 Å². The summed E-state index contributed by atoms with van der Waals surface area (Å²) in [4.78, 5) is 1.11. The maximum Gasteiger partial charge on any atom is 0.153 e. The van der Waals surface area contributed by atoms with Crippen molar-refractivity contribution in [1.82, 2.24) is 10.2 Å². The van der Waals surface area contributed by atoms with Gasteiger partial charge in [-0.1, -0.05) is 12.1 Å². The Balaban J connectivity index is 1.80. The maximum atomic E-state index is 5.73. The zero-order valence-corrected chi connectivity index (χ0v) is 10.9. The highest BCUT2D eigenvalue weighted by atomic mass is 32.1. The van der Waals surface area contributed by atoms with Crippen LogP contribution in [0.15, 0.2) is 53.9 Å². The van der Waals surface area contributed by atoms with E-state index in [0.29, 0.717) is 11.5 Å². The molecular weight excluding hydrogens is 256 g/mol. The van der Waals surface area contributed by atoms with Crippen LogP contribution >= 0.6 is 11.3 Å². The molecule has 4 nitrogen and oxygen atoms in total. The van der Waals surface area contributed by atoms with Gasteiger partial charge in [0.15, 0.2) is 5.82 Å². The van der Waals surface area contributed by atoms with Gasteiger partial charge >= 0.3 is 0 Å². The maximum absolute atomic E-state index is 5.73. The average Bonchev–Trinajstić information content (AvgIpc) is 2.94. The number of nitrogens with one attached hydrogen (secondary N) is 1. The molecule has 5 heteroatoms. The highest BCUT2D eigenvalue weighted by Gasteiger charge is 2.02. The monoisotopic (exact) mass is 268 g/mol. The van der Waals surface area contributed by atoms with Gasteiger partial charge in [0.25, 0.3) is 0 Å².